The first kappa shape index (κ1) is 16.2. The van der Waals surface area contributed by atoms with E-state index in [-0.39, 0.29) is 18.4 Å². The average molecular weight is 365 g/mol. The molecular formula is C17H15N7OS. The number of carbonyl (C=O) groups excluding carboxylic acids is 1. The number of aryl methyl sites for hydroxylation is 1. The van der Waals surface area contributed by atoms with Crippen molar-refractivity contribution >= 4 is 33.4 Å². The Labute approximate surface area is 152 Å². The van der Waals surface area contributed by atoms with E-state index in [1.807, 2.05) is 30.5 Å². The molecule has 1 aromatic carbocycles. The molecular weight excluding hydrogens is 350 g/mol. The molecule has 0 saturated carbocycles. The van der Waals surface area contributed by atoms with Crippen molar-refractivity contribution in [1.29, 1.82) is 0 Å². The maximum atomic E-state index is 12.3. The van der Waals surface area contributed by atoms with Crippen LogP contribution in [0.4, 0.5) is 5.95 Å². The Morgan fingerprint density at radius 1 is 1.19 bits per heavy atom. The highest BCUT2D eigenvalue weighted by Gasteiger charge is 2.11. The SMILES string of the molecule is Cc1nc(-c2ccc(C(=O)NCc3nc(N)n[nH]3)cc2)c2sccc2n1. The standard InChI is InChI=1S/C17H15N7OS/c1-9-20-12-6-7-26-15(12)14(21-9)10-2-4-11(5-3-10)16(25)19-8-13-22-17(18)24-23-13/h2-7H,8H2,1H3,(H,19,25)(H3,18,22,23,24). The molecule has 3 aromatic heterocycles. The second-order valence-electron chi connectivity index (χ2n) is 5.65. The van der Waals surface area contributed by atoms with Gasteiger partial charge in [0, 0.05) is 11.1 Å². The fourth-order valence-corrected chi connectivity index (χ4v) is 3.45. The van der Waals surface area contributed by atoms with Crippen LogP contribution in [0.5, 0.6) is 0 Å². The van der Waals surface area contributed by atoms with E-state index in [2.05, 4.69) is 30.5 Å². The Bertz CT molecular complexity index is 1080. The predicted molar refractivity (Wildman–Crippen MR) is 99.6 cm³/mol. The van der Waals surface area contributed by atoms with E-state index in [9.17, 15) is 4.79 Å². The number of nitrogens with one attached hydrogen (secondary N) is 2. The number of nitrogen functional groups attached to an aromatic ring is 1. The molecule has 0 radical (unpaired) electrons. The molecule has 26 heavy (non-hydrogen) atoms. The molecule has 4 aromatic rings. The molecule has 0 bridgehead atoms. The number of hydrogen-bond donors (Lipinski definition) is 3. The van der Waals surface area contributed by atoms with Crippen LogP contribution < -0.4 is 11.1 Å². The number of thiophene rings is 1. The number of amides is 1. The van der Waals surface area contributed by atoms with Crippen LogP contribution in [0.25, 0.3) is 21.5 Å². The quantitative estimate of drug-likeness (QED) is 0.510. The molecule has 4 N–H and O–H groups in total. The molecule has 0 aliphatic heterocycles. The van der Waals surface area contributed by atoms with E-state index in [0.717, 1.165) is 27.3 Å². The summed E-state index contributed by atoms with van der Waals surface area (Å²) in [4.78, 5) is 25.2. The van der Waals surface area contributed by atoms with Crippen molar-refractivity contribution in [2.45, 2.75) is 13.5 Å². The van der Waals surface area contributed by atoms with Crippen LogP contribution in [0.1, 0.15) is 22.0 Å². The lowest BCUT2D eigenvalue weighted by atomic mass is 10.1. The summed E-state index contributed by atoms with van der Waals surface area (Å²) >= 11 is 1.60. The van der Waals surface area contributed by atoms with Gasteiger partial charge in [0.05, 0.1) is 22.5 Å². The van der Waals surface area contributed by atoms with Gasteiger partial charge >= 0.3 is 0 Å². The van der Waals surface area contributed by atoms with E-state index in [4.69, 9.17) is 5.73 Å². The number of rotatable bonds is 4. The van der Waals surface area contributed by atoms with Crippen LogP contribution in [-0.2, 0) is 6.54 Å². The highest BCUT2D eigenvalue weighted by atomic mass is 32.1. The van der Waals surface area contributed by atoms with Crippen LogP contribution in [0.2, 0.25) is 0 Å². The van der Waals surface area contributed by atoms with Crippen molar-refractivity contribution in [3.63, 3.8) is 0 Å². The summed E-state index contributed by atoms with van der Waals surface area (Å²) in [5.74, 6) is 1.17. The summed E-state index contributed by atoms with van der Waals surface area (Å²) in [5.41, 5.74) is 8.75. The summed E-state index contributed by atoms with van der Waals surface area (Å²) in [5, 5.41) is 11.1. The molecule has 4 rings (SSSR count). The Morgan fingerprint density at radius 3 is 2.73 bits per heavy atom. The average Bonchev–Trinajstić information content (AvgIpc) is 3.27. The number of H-pyrrole nitrogens is 1. The molecule has 0 unspecified atom stereocenters. The zero-order valence-corrected chi connectivity index (χ0v) is 14.7. The van der Waals surface area contributed by atoms with E-state index in [0.29, 0.717) is 11.4 Å². The van der Waals surface area contributed by atoms with Gasteiger partial charge in [-0.2, -0.15) is 4.98 Å². The normalized spacial score (nSPS) is 11.0. The Kier molecular flexibility index (Phi) is 4.05. The highest BCUT2D eigenvalue weighted by Crippen LogP contribution is 2.30. The lowest BCUT2D eigenvalue weighted by molar-refractivity contribution is 0.0950. The topological polar surface area (TPSA) is 122 Å². The zero-order chi connectivity index (χ0) is 18.1. The third-order valence-corrected chi connectivity index (χ3v) is 4.71. The Morgan fingerprint density at radius 2 is 2.00 bits per heavy atom. The van der Waals surface area contributed by atoms with Crippen LogP contribution in [0.3, 0.4) is 0 Å². The van der Waals surface area contributed by atoms with Gasteiger partial charge in [0.25, 0.3) is 5.91 Å². The third kappa shape index (κ3) is 3.11. The van der Waals surface area contributed by atoms with Gasteiger partial charge in [0.2, 0.25) is 5.95 Å². The van der Waals surface area contributed by atoms with Gasteiger partial charge < -0.3 is 11.1 Å². The summed E-state index contributed by atoms with van der Waals surface area (Å²) in [6, 6.07) is 9.31. The van der Waals surface area contributed by atoms with Gasteiger partial charge in [0.15, 0.2) is 0 Å². The van der Waals surface area contributed by atoms with E-state index in [1.165, 1.54) is 0 Å². The van der Waals surface area contributed by atoms with Gasteiger partial charge in [-0.25, -0.2) is 9.97 Å². The van der Waals surface area contributed by atoms with E-state index >= 15 is 0 Å². The Balaban J connectivity index is 1.54. The summed E-state index contributed by atoms with van der Waals surface area (Å²) in [6.45, 7) is 2.10. The fourth-order valence-electron chi connectivity index (χ4n) is 2.61. The number of aromatic amines is 1. The molecule has 0 atom stereocenters. The number of nitrogens with two attached hydrogens (primary N) is 1. The number of anilines is 1. The molecule has 3 heterocycles. The van der Waals surface area contributed by atoms with Crippen LogP contribution >= 0.6 is 11.3 Å². The summed E-state index contributed by atoms with van der Waals surface area (Å²) < 4.78 is 1.04. The maximum absolute atomic E-state index is 12.3. The molecule has 0 spiro atoms. The lowest BCUT2D eigenvalue weighted by Crippen LogP contribution is -2.23. The van der Waals surface area contributed by atoms with Gasteiger partial charge in [-0.1, -0.05) is 12.1 Å². The van der Waals surface area contributed by atoms with Gasteiger partial charge in [-0.05, 0) is 30.5 Å². The monoisotopic (exact) mass is 365 g/mol. The summed E-state index contributed by atoms with van der Waals surface area (Å²) in [7, 11) is 0. The smallest absolute Gasteiger partial charge is 0.251 e. The van der Waals surface area contributed by atoms with Crippen molar-refractivity contribution in [2.75, 3.05) is 5.73 Å². The van der Waals surface area contributed by atoms with Crippen LogP contribution in [-0.4, -0.2) is 31.1 Å². The molecule has 0 aliphatic carbocycles. The molecule has 1 amide bonds. The van der Waals surface area contributed by atoms with Crippen molar-refractivity contribution in [3.05, 3.63) is 52.9 Å². The number of aromatic nitrogens is 5. The first-order chi connectivity index (χ1) is 12.6. The first-order valence-electron chi connectivity index (χ1n) is 7.87. The number of fused-ring (bicyclic) bond motifs is 1. The molecule has 0 saturated heterocycles. The minimum Gasteiger partial charge on any atom is -0.367 e. The van der Waals surface area contributed by atoms with Crippen molar-refractivity contribution in [2.24, 2.45) is 0 Å². The lowest BCUT2D eigenvalue weighted by Gasteiger charge is -2.06. The number of carbonyl (C=O) groups is 1. The number of benzene rings is 1. The molecule has 0 aliphatic rings. The second kappa shape index (κ2) is 6.52. The van der Waals surface area contributed by atoms with Gasteiger partial charge in [-0.15, -0.1) is 16.4 Å². The van der Waals surface area contributed by atoms with Crippen LogP contribution in [0, 0.1) is 6.92 Å². The van der Waals surface area contributed by atoms with E-state index in [1.54, 1.807) is 23.5 Å². The van der Waals surface area contributed by atoms with E-state index < -0.39 is 0 Å². The van der Waals surface area contributed by atoms with Gasteiger partial charge in [0.1, 0.15) is 11.6 Å². The zero-order valence-electron chi connectivity index (χ0n) is 13.9. The van der Waals surface area contributed by atoms with Crippen molar-refractivity contribution in [3.8, 4) is 11.3 Å². The highest BCUT2D eigenvalue weighted by molar-refractivity contribution is 7.17. The molecule has 8 nitrogen and oxygen atoms in total. The minimum absolute atomic E-state index is 0.152. The predicted octanol–water partition coefficient (Wildman–Crippen LogP) is 2.30. The maximum Gasteiger partial charge on any atom is 0.251 e. The molecule has 0 fully saturated rings. The fraction of sp³-hybridized carbons (Fsp3) is 0.118. The number of hydrogen-bond acceptors (Lipinski definition) is 7. The Hall–Kier alpha value is -3.33. The van der Waals surface area contributed by atoms with Crippen molar-refractivity contribution < 1.29 is 4.79 Å². The molecule has 9 heteroatoms. The third-order valence-electron chi connectivity index (χ3n) is 3.80. The van der Waals surface area contributed by atoms with Crippen LogP contribution in [0.15, 0.2) is 35.7 Å². The second-order valence-corrected chi connectivity index (χ2v) is 6.57. The van der Waals surface area contributed by atoms with Crippen molar-refractivity contribution in [1.82, 2.24) is 30.5 Å². The summed E-state index contributed by atoms with van der Waals surface area (Å²) in [6.07, 6.45) is 0. The van der Waals surface area contributed by atoms with Gasteiger partial charge in [-0.3, -0.25) is 9.89 Å². The number of nitrogens with zero attached hydrogens (tertiary/aromatic N) is 4. The minimum atomic E-state index is -0.202. The largest absolute Gasteiger partial charge is 0.367 e. The molecule has 130 valence electrons. The first-order valence-corrected chi connectivity index (χ1v) is 8.75.